The van der Waals surface area contributed by atoms with Crippen molar-refractivity contribution in [2.75, 3.05) is 11.9 Å². The summed E-state index contributed by atoms with van der Waals surface area (Å²) in [4.78, 5) is 26.4. The van der Waals surface area contributed by atoms with E-state index in [1.807, 2.05) is 22.9 Å². The monoisotopic (exact) mass is 388 g/mol. The second kappa shape index (κ2) is 7.26. The Hall–Kier alpha value is -2.36. The maximum atomic E-state index is 12.0. The number of thiophene rings is 2. The number of fused-ring (bicyclic) bond motifs is 1. The number of rotatable bonds is 6. The molecule has 0 unspecified atom stereocenters. The van der Waals surface area contributed by atoms with Gasteiger partial charge in [0, 0.05) is 17.5 Å². The fourth-order valence-corrected chi connectivity index (χ4v) is 4.36. The minimum absolute atomic E-state index is 0.131. The van der Waals surface area contributed by atoms with Crippen molar-refractivity contribution in [2.24, 2.45) is 0 Å². The normalized spacial score (nSPS) is 10.9. The number of hydrogen-bond donors (Lipinski definition) is 1. The Morgan fingerprint density at radius 3 is 3.00 bits per heavy atom. The van der Waals surface area contributed by atoms with Gasteiger partial charge in [0.25, 0.3) is 5.91 Å². The molecule has 0 aromatic carbocycles. The molecule has 1 amide bonds. The van der Waals surface area contributed by atoms with Crippen LogP contribution in [0.4, 0.5) is 5.13 Å². The smallest absolute Gasteiger partial charge is 0.267 e. The standard InChI is InChI=1S/C16H12N4O2S3/c21-14(12-2-1-6-23-12)20-16-17-8-10(25-16)3-5-22-15-13-11(4-7-24-13)18-9-19-15/h1-2,4,6-9H,3,5H2,(H,17,20,21). The minimum atomic E-state index is -0.131. The largest absolute Gasteiger partial charge is 0.476 e. The molecule has 0 spiro atoms. The summed E-state index contributed by atoms with van der Waals surface area (Å²) in [5, 5.41) is 7.25. The van der Waals surface area contributed by atoms with Crippen molar-refractivity contribution in [3.63, 3.8) is 0 Å². The molecule has 0 saturated carbocycles. The van der Waals surface area contributed by atoms with Gasteiger partial charge < -0.3 is 4.74 Å². The van der Waals surface area contributed by atoms with Crippen molar-refractivity contribution in [2.45, 2.75) is 6.42 Å². The van der Waals surface area contributed by atoms with Crippen LogP contribution in [0.2, 0.25) is 0 Å². The number of nitrogens with zero attached hydrogens (tertiary/aromatic N) is 3. The molecule has 0 saturated heterocycles. The van der Waals surface area contributed by atoms with Crippen LogP contribution in [0.5, 0.6) is 5.88 Å². The molecule has 0 aliphatic carbocycles. The van der Waals surface area contributed by atoms with E-state index in [1.54, 1.807) is 23.6 Å². The molecule has 126 valence electrons. The average molecular weight is 388 g/mol. The fourth-order valence-electron chi connectivity index (χ4n) is 2.16. The maximum Gasteiger partial charge on any atom is 0.267 e. The van der Waals surface area contributed by atoms with Crippen LogP contribution in [0.3, 0.4) is 0 Å². The third-order valence-corrected chi connectivity index (χ3v) is 6.05. The van der Waals surface area contributed by atoms with Gasteiger partial charge in [0.15, 0.2) is 5.13 Å². The molecule has 1 N–H and O–H groups in total. The maximum absolute atomic E-state index is 12.0. The molecule has 4 aromatic rings. The molecule has 4 rings (SSSR count). The highest BCUT2D eigenvalue weighted by molar-refractivity contribution is 7.17. The van der Waals surface area contributed by atoms with Gasteiger partial charge in [-0.2, -0.15) is 0 Å². The Labute approximate surface area is 155 Å². The highest BCUT2D eigenvalue weighted by Crippen LogP contribution is 2.27. The van der Waals surface area contributed by atoms with E-state index in [9.17, 15) is 4.79 Å². The quantitative estimate of drug-likeness (QED) is 0.538. The van der Waals surface area contributed by atoms with Crippen LogP contribution in [0.15, 0.2) is 41.5 Å². The second-order valence-corrected chi connectivity index (χ2v) is 7.95. The lowest BCUT2D eigenvalue weighted by Gasteiger charge is -2.04. The molecule has 0 atom stereocenters. The van der Waals surface area contributed by atoms with Crippen molar-refractivity contribution in [1.29, 1.82) is 0 Å². The SMILES string of the molecule is O=C(Nc1ncc(CCOc2ncnc3ccsc23)s1)c1cccs1. The van der Waals surface area contributed by atoms with E-state index >= 15 is 0 Å². The zero-order valence-corrected chi connectivity index (χ0v) is 15.3. The number of nitrogens with one attached hydrogen (secondary N) is 1. The van der Waals surface area contributed by atoms with Gasteiger partial charge in [-0.1, -0.05) is 6.07 Å². The van der Waals surface area contributed by atoms with E-state index < -0.39 is 0 Å². The van der Waals surface area contributed by atoms with Crippen molar-refractivity contribution < 1.29 is 9.53 Å². The Morgan fingerprint density at radius 2 is 2.12 bits per heavy atom. The topological polar surface area (TPSA) is 77.0 Å². The van der Waals surface area contributed by atoms with Crippen molar-refractivity contribution in [3.05, 3.63) is 51.2 Å². The van der Waals surface area contributed by atoms with Gasteiger partial charge in [-0.25, -0.2) is 15.0 Å². The number of anilines is 1. The van der Waals surface area contributed by atoms with Gasteiger partial charge in [0.1, 0.15) is 11.0 Å². The lowest BCUT2D eigenvalue weighted by atomic mass is 10.4. The number of carbonyl (C=O) groups is 1. The summed E-state index contributed by atoms with van der Waals surface area (Å²) < 4.78 is 6.74. The number of carbonyl (C=O) groups excluding carboxylic acids is 1. The Bertz CT molecular complexity index is 994. The van der Waals surface area contributed by atoms with Crippen LogP contribution in [0.1, 0.15) is 14.5 Å². The zero-order chi connectivity index (χ0) is 17.1. The summed E-state index contributed by atoms with van der Waals surface area (Å²) in [5.74, 6) is 0.476. The zero-order valence-electron chi connectivity index (χ0n) is 12.8. The fraction of sp³-hybridized carbons (Fsp3) is 0.125. The summed E-state index contributed by atoms with van der Waals surface area (Å²) in [6.45, 7) is 0.491. The van der Waals surface area contributed by atoms with Crippen LogP contribution in [0.25, 0.3) is 10.2 Å². The molecular weight excluding hydrogens is 376 g/mol. The number of hydrogen-bond acceptors (Lipinski definition) is 8. The first kappa shape index (κ1) is 16.1. The van der Waals surface area contributed by atoms with E-state index in [0.29, 0.717) is 28.9 Å². The molecule has 9 heteroatoms. The van der Waals surface area contributed by atoms with Gasteiger partial charge >= 0.3 is 0 Å². The lowest BCUT2D eigenvalue weighted by molar-refractivity contribution is 0.103. The Kier molecular flexibility index (Phi) is 4.68. The van der Waals surface area contributed by atoms with Gasteiger partial charge in [-0.15, -0.1) is 34.0 Å². The van der Waals surface area contributed by atoms with Crippen molar-refractivity contribution >= 4 is 55.3 Å². The predicted molar refractivity (Wildman–Crippen MR) is 101 cm³/mol. The summed E-state index contributed by atoms with van der Waals surface area (Å²) in [5.41, 5.74) is 0.895. The molecule has 6 nitrogen and oxygen atoms in total. The van der Waals surface area contributed by atoms with Gasteiger partial charge in [-0.3, -0.25) is 10.1 Å². The van der Waals surface area contributed by atoms with Gasteiger partial charge in [-0.05, 0) is 22.9 Å². The van der Waals surface area contributed by atoms with Crippen LogP contribution in [-0.4, -0.2) is 27.5 Å². The minimum Gasteiger partial charge on any atom is -0.476 e. The van der Waals surface area contributed by atoms with Gasteiger partial charge in [0.2, 0.25) is 5.88 Å². The molecule has 0 bridgehead atoms. The molecule has 4 aromatic heterocycles. The predicted octanol–water partition coefficient (Wildman–Crippen LogP) is 4.08. The summed E-state index contributed by atoms with van der Waals surface area (Å²) >= 11 is 4.42. The first-order chi connectivity index (χ1) is 12.3. The van der Waals surface area contributed by atoms with E-state index in [-0.39, 0.29) is 5.91 Å². The summed E-state index contributed by atoms with van der Waals surface area (Å²) in [7, 11) is 0. The van der Waals surface area contributed by atoms with Crippen LogP contribution < -0.4 is 10.1 Å². The number of thiazole rings is 1. The van der Waals surface area contributed by atoms with Crippen molar-refractivity contribution in [1.82, 2.24) is 15.0 Å². The highest BCUT2D eigenvalue weighted by atomic mass is 32.1. The van der Waals surface area contributed by atoms with Crippen LogP contribution in [0, 0.1) is 0 Å². The molecule has 0 aliphatic rings. The van der Waals surface area contributed by atoms with E-state index in [4.69, 9.17) is 4.74 Å². The first-order valence-electron chi connectivity index (χ1n) is 7.40. The Balaban J connectivity index is 1.34. The second-order valence-electron chi connectivity index (χ2n) is 4.98. The summed E-state index contributed by atoms with van der Waals surface area (Å²) in [6, 6.07) is 5.58. The van der Waals surface area contributed by atoms with Crippen molar-refractivity contribution in [3.8, 4) is 5.88 Å². The molecule has 0 radical (unpaired) electrons. The highest BCUT2D eigenvalue weighted by Gasteiger charge is 2.10. The van der Waals surface area contributed by atoms with Gasteiger partial charge in [0.05, 0.1) is 17.0 Å². The molecule has 25 heavy (non-hydrogen) atoms. The number of ether oxygens (including phenoxy) is 1. The first-order valence-corrected chi connectivity index (χ1v) is 9.98. The number of amides is 1. The molecule has 0 aliphatic heterocycles. The molecule has 0 fully saturated rings. The Morgan fingerprint density at radius 1 is 1.16 bits per heavy atom. The lowest BCUT2D eigenvalue weighted by Crippen LogP contribution is -2.09. The third kappa shape index (κ3) is 3.68. The molecule has 4 heterocycles. The van der Waals surface area contributed by atoms with E-state index in [0.717, 1.165) is 15.1 Å². The third-order valence-electron chi connectivity index (χ3n) is 3.32. The molecular formula is C16H12N4O2S3. The summed E-state index contributed by atoms with van der Waals surface area (Å²) in [6.07, 6.45) is 3.97. The number of aromatic nitrogens is 3. The van der Waals surface area contributed by atoms with Crippen LogP contribution in [-0.2, 0) is 6.42 Å². The van der Waals surface area contributed by atoms with E-state index in [2.05, 4.69) is 20.3 Å². The van der Waals surface area contributed by atoms with Crippen LogP contribution >= 0.6 is 34.0 Å². The average Bonchev–Trinajstić information content (AvgIpc) is 3.36. The van der Waals surface area contributed by atoms with E-state index in [1.165, 1.54) is 29.0 Å².